The van der Waals surface area contributed by atoms with Gasteiger partial charge in [-0.25, -0.2) is 0 Å². The highest BCUT2D eigenvalue weighted by atomic mass is 16.5. The number of hydrogen-bond acceptors (Lipinski definition) is 2. The monoisotopic (exact) mass is 176 g/mol. The van der Waals surface area contributed by atoms with Crippen molar-refractivity contribution in [1.82, 2.24) is 0 Å². The van der Waals surface area contributed by atoms with E-state index in [2.05, 4.69) is 6.07 Å². The zero-order chi connectivity index (χ0) is 9.26. The predicted octanol–water partition coefficient (Wildman–Crippen LogP) is 2.24. The van der Waals surface area contributed by atoms with Crippen LogP contribution in [0.5, 0.6) is 5.75 Å². The highest BCUT2D eigenvalue weighted by Crippen LogP contribution is 2.24. The quantitative estimate of drug-likeness (QED) is 0.711. The van der Waals surface area contributed by atoms with E-state index in [0.29, 0.717) is 12.2 Å². The summed E-state index contributed by atoms with van der Waals surface area (Å²) in [6.45, 7) is 0. The molecule has 0 saturated carbocycles. The molecular weight excluding hydrogens is 164 g/mol. The molecule has 0 spiro atoms. The molecular formula is C11H12O2. The summed E-state index contributed by atoms with van der Waals surface area (Å²) in [7, 11) is 1.65. The van der Waals surface area contributed by atoms with Gasteiger partial charge in [0.1, 0.15) is 5.75 Å². The molecule has 0 unspecified atom stereocenters. The van der Waals surface area contributed by atoms with Gasteiger partial charge in [0.25, 0.3) is 0 Å². The van der Waals surface area contributed by atoms with E-state index >= 15 is 0 Å². The number of aliphatic hydroxyl groups excluding tert-OH is 1. The largest absolute Gasteiger partial charge is 0.512 e. The molecule has 0 bridgehead atoms. The van der Waals surface area contributed by atoms with Crippen molar-refractivity contribution in [3.05, 3.63) is 41.2 Å². The molecule has 1 aliphatic carbocycles. The van der Waals surface area contributed by atoms with Crippen molar-refractivity contribution in [3.8, 4) is 5.75 Å². The number of fused-ring (bicyclic) bond motifs is 1. The van der Waals surface area contributed by atoms with Crippen LogP contribution in [0.3, 0.4) is 0 Å². The zero-order valence-corrected chi connectivity index (χ0v) is 7.58. The van der Waals surface area contributed by atoms with Crippen molar-refractivity contribution in [1.29, 1.82) is 0 Å². The van der Waals surface area contributed by atoms with Crippen LogP contribution in [0.1, 0.15) is 11.1 Å². The smallest absolute Gasteiger partial charge is 0.119 e. The van der Waals surface area contributed by atoms with Gasteiger partial charge < -0.3 is 9.84 Å². The second-order valence-electron chi connectivity index (χ2n) is 3.21. The second kappa shape index (κ2) is 3.13. The van der Waals surface area contributed by atoms with Crippen molar-refractivity contribution in [3.63, 3.8) is 0 Å². The Morgan fingerprint density at radius 1 is 1.31 bits per heavy atom. The predicted molar refractivity (Wildman–Crippen MR) is 51.1 cm³/mol. The van der Waals surface area contributed by atoms with E-state index in [4.69, 9.17) is 4.74 Å². The topological polar surface area (TPSA) is 29.5 Å². The number of methoxy groups -OCH3 is 1. The number of allylic oxidation sites excluding steroid dienone is 2. The van der Waals surface area contributed by atoms with Gasteiger partial charge in [-0.2, -0.15) is 0 Å². The van der Waals surface area contributed by atoms with Crippen LogP contribution in [0.2, 0.25) is 0 Å². The van der Waals surface area contributed by atoms with Crippen LogP contribution >= 0.6 is 0 Å². The molecule has 0 fully saturated rings. The third-order valence-electron chi connectivity index (χ3n) is 2.34. The molecule has 68 valence electrons. The van der Waals surface area contributed by atoms with Crippen molar-refractivity contribution < 1.29 is 9.84 Å². The average molecular weight is 176 g/mol. The van der Waals surface area contributed by atoms with E-state index in [1.807, 2.05) is 18.2 Å². The van der Waals surface area contributed by atoms with Gasteiger partial charge in [0, 0.05) is 6.42 Å². The van der Waals surface area contributed by atoms with E-state index in [1.54, 1.807) is 7.11 Å². The molecule has 1 aromatic carbocycles. The van der Waals surface area contributed by atoms with Gasteiger partial charge in [0.15, 0.2) is 0 Å². The van der Waals surface area contributed by atoms with Gasteiger partial charge in [-0.1, -0.05) is 6.07 Å². The fourth-order valence-corrected chi connectivity index (χ4v) is 1.59. The standard InChI is InChI=1S/C11H12O2/c1-13-11-5-3-8-2-4-10(12)6-9(8)7-11/h3-5,7,12H,2,6H2,1H3. The van der Waals surface area contributed by atoms with Crippen LogP contribution in [0.4, 0.5) is 0 Å². The Morgan fingerprint density at radius 3 is 2.92 bits per heavy atom. The summed E-state index contributed by atoms with van der Waals surface area (Å²) in [5, 5.41) is 9.34. The maximum Gasteiger partial charge on any atom is 0.119 e. The number of benzene rings is 1. The van der Waals surface area contributed by atoms with Crippen molar-refractivity contribution in [2.45, 2.75) is 12.8 Å². The first-order valence-corrected chi connectivity index (χ1v) is 4.33. The van der Waals surface area contributed by atoms with Crippen LogP contribution in [0, 0.1) is 0 Å². The highest BCUT2D eigenvalue weighted by Gasteiger charge is 2.10. The Morgan fingerprint density at radius 2 is 2.15 bits per heavy atom. The van der Waals surface area contributed by atoms with E-state index in [1.165, 1.54) is 11.1 Å². The van der Waals surface area contributed by atoms with Crippen LogP contribution in [-0.4, -0.2) is 12.2 Å². The van der Waals surface area contributed by atoms with Crippen molar-refractivity contribution in [2.75, 3.05) is 7.11 Å². The van der Waals surface area contributed by atoms with E-state index in [9.17, 15) is 5.11 Å². The molecule has 0 radical (unpaired) electrons. The number of rotatable bonds is 1. The summed E-state index contributed by atoms with van der Waals surface area (Å²) in [4.78, 5) is 0. The summed E-state index contributed by atoms with van der Waals surface area (Å²) in [6.07, 6.45) is 3.31. The third-order valence-corrected chi connectivity index (χ3v) is 2.34. The Balaban J connectivity index is 2.37. The molecule has 0 heterocycles. The molecule has 1 aromatic rings. The minimum atomic E-state index is 0.459. The number of hydrogen-bond donors (Lipinski definition) is 1. The molecule has 1 aliphatic rings. The van der Waals surface area contributed by atoms with Crippen molar-refractivity contribution in [2.24, 2.45) is 0 Å². The molecule has 0 amide bonds. The summed E-state index contributed by atoms with van der Waals surface area (Å²) in [6, 6.07) is 5.99. The molecule has 2 heteroatoms. The lowest BCUT2D eigenvalue weighted by atomic mass is 9.95. The van der Waals surface area contributed by atoms with Crippen molar-refractivity contribution >= 4 is 0 Å². The number of ether oxygens (including phenoxy) is 1. The second-order valence-corrected chi connectivity index (χ2v) is 3.21. The lowest BCUT2D eigenvalue weighted by Crippen LogP contribution is -2.02. The fourth-order valence-electron chi connectivity index (χ4n) is 1.59. The van der Waals surface area contributed by atoms with Gasteiger partial charge in [0.2, 0.25) is 0 Å². The average Bonchev–Trinajstić information content (AvgIpc) is 2.16. The van der Waals surface area contributed by atoms with Gasteiger partial charge in [-0.15, -0.1) is 0 Å². The molecule has 2 nitrogen and oxygen atoms in total. The maximum absolute atomic E-state index is 9.34. The van der Waals surface area contributed by atoms with Gasteiger partial charge in [-0.05, 0) is 35.8 Å². The minimum Gasteiger partial charge on any atom is -0.512 e. The van der Waals surface area contributed by atoms with Crippen LogP contribution in [0.15, 0.2) is 30.0 Å². The van der Waals surface area contributed by atoms with E-state index in [0.717, 1.165) is 12.2 Å². The Bertz CT molecular complexity index is 353. The van der Waals surface area contributed by atoms with Crippen LogP contribution in [-0.2, 0) is 12.8 Å². The van der Waals surface area contributed by atoms with Gasteiger partial charge in [-0.3, -0.25) is 0 Å². The first-order chi connectivity index (χ1) is 6.29. The maximum atomic E-state index is 9.34. The molecule has 0 atom stereocenters. The zero-order valence-electron chi connectivity index (χ0n) is 7.58. The third kappa shape index (κ3) is 1.52. The summed E-state index contributed by atoms with van der Waals surface area (Å²) < 4.78 is 5.11. The Labute approximate surface area is 77.5 Å². The first kappa shape index (κ1) is 8.17. The Kier molecular flexibility index (Phi) is 1.97. The SMILES string of the molecule is COc1ccc2c(c1)CC(O)=CC2. The van der Waals surface area contributed by atoms with Crippen LogP contribution in [0.25, 0.3) is 0 Å². The molecule has 0 aromatic heterocycles. The van der Waals surface area contributed by atoms with E-state index in [-0.39, 0.29) is 0 Å². The lowest BCUT2D eigenvalue weighted by molar-refractivity contribution is 0.391. The molecule has 0 saturated heterocycles. The molecule has 13 heavy (non-hydrogen) atoms. The molecule has 2 rings (SSSR count). The van der Waals surface area contributed by atoms with Gasteiger partial charge >= 0.3 is 0 Å². The molecule has 0 aliphatic heterocycles. The normalized spacial score (nSPS) is 14.7. The van der Waals surface area contributed by atoms with Crippen LogP contribution < -0.4 is 4.74 Å². The highest BCUT2D eigenvalue weighted by molar-refractivity contribution is 5.40. The summed E-state index contributed by atoms with van der Waals surface area (Å²) >= 11 is 0. The minimum absolute atomic E-state index is 0.459. The summed E-state index contributed by atoms with van der Waals surface area (Å²) in [5.41, 5.74) is 2.44. The first-order valence-electron chi connectivity index (χ1n) is 4.33. The summed E-state index contributed by atoms with van der Waals surface area (Å²) in [5.74, 6) is 1.31. The Hall–Kier alpha value is -1.44. The number of aliphatic hydroxyl groups is 1. The van der Waals surface area contributed by atoms with E-state index < -0.39 is 0 Å². The lowest BCUT2D eigenvalue weighted by Gasteiger charge is -2.14. The fraction of sp³-hybridized carbons (Fsp3) is 0.273. The van der Waals surface area contributed by atoms with Gasteiger partial charge in [0.05, 0.1) is 12.9 Å². The molecule has 1 N–H and O–H groups in total.